The Kier molecular flexibility index (Phi) is 1.83. The fourth-order valence-electron chi connectivity index (χ4n) is 1.86. The van der Waals surface area contributed by atoms with E-state index < -0.39 is 0 Å². The molecule has 3 heterocycles. The molecule has 0 aliphatic rings. The second-order valence-corrected chi connectivity index (χ2v) is 3.89. The molecule has 0 aliphatic heterocycles. The highest BCUT2D eigenvalue weighted by Crippen LogP contribution is 2.22. The van der Waals surface area contributed by atoms with Crippen molar-refractivity contribution in [3.63, 3.8) is 0 Å². The van der Waals surface area contributed by atoms with Gasteiger partial charge in [-0.1, -0.05) is 6.07 Å². The van der Waals surface area contributed by atoms with Crippen molar-refractivity contribution in [1.82, 2.24) is 19.4 Å². The Labute approximate surface area is 93.1 Å². The lowest BCUT2D eigenvalue weighted by Crippen LogP contribution is -1.93. The van der Waals surface area contributed by atoms with Gasteiger partial charge in [-0.25, -0.2) is 4.52 Å². The zero-order valence-electron chi connectivity index (χ0n) is 9.25. The van der Waals surface area contributed by atoms with E-state index in [2.05, 4.69) is 29.3 Å². The predicted octanol–water partition coefficient (Wildman–Crippen LogP) is 2.04. The Morgan fingerprint density at radius 2 is 2.00 bits per heavy atom. The van der Waals surface area contributed by atoms with Crippen LogP contribution in [0.25, 0.3) is 16.6 Å². The molecule has 80 valence electrons. The number of nitrogens with zero attached hydrogens (tertiary/aromatic N) is 4. The summed E-state index contributed by atoms with van der Waals surface area (Å²) in [5, 5.41) is 8.48. The molecule has 3 rings (SSSR count). The number of aromatic nitrogens is 4. The molecule has 0 radical (unpaired) electrons. The highest BCUT2D eigenvalue weighted by Gasteiger charge is 2.06. The van der Waals surface area contributed by atoms with Crippen LogP contribution < -0.4 is 0 Å². The molecule has 0 saturated carbocycles. The van der Waals surface area contributed by atoms with Gasteiger partial charge in [-0.05, 0) is 19.1 Å². The van der Waals surface area contributed by atoms with Gasteiger partial charge < -0.3 is 0 Å². The minimum Gasteiger partial charge on any atom is -0.272 e. The van der Waals surface area contributed by atoms with E-state index >= 15 is 0 Å². The lowest BCUT2D eigenvalue weighted by Gasteiger charge is -2.01. The minimum atomic E-state index is 1.10. The Morgan fingerprint density at radius 3 is 2.75 bits per heavy atom. The van der Waals surface area contributed by atoms with Crippen molar-refractivity contribution in [3.05, 3.63) is 42.5 Å². The lowest BCUT2D eigenvalue weighted by molar-refractivity contribution is 0.740. The zero-order valence-corrected chi connectivity index (χ0v) is 9.25. The fraction of sp³-hybridized carbons (Fsp3) is 0.167. The summed E-state index contributed by atoms with van der Waals surface area (Å²) < 4.78 is 3.75. The highest BCUT2D eigenvalue weighted by molar-refractivity contribution is 5.66. The molecular formula is C12H12N4. The molecule has 3 aromatic rings. The van der Waals surface area contributed by atoms with E-state index in [1.165, 1.54) is 0 Å². The molecule has 0 fully saturated rings. The highest BCUT2D eigenvalue weighted by atomic mass is 15.3. The van der Waals surface area contributed by atoms with Gasteiger partial charge in [0.15, 0.2) is 0 Å². The summed E-state index contributed by atoms with van der Waals surface area (Å²) in [4.78, 5) is 0. The van der Waals surface area contributed by atoms with E-state index in [0.717, 1.165) is 22.3 Å². The molecular weight excluding hydrogens is 200 g/mol. The smallest absolute Gasteiger partial charge is 0.0661 e. The molecule has 0 aliphatic carbocycles. The van der Waals surface area contributed by atoms with Crippen LogP contribution in [-0.2, 0) is 7.05 Å². The largest absolute Gasteiger partial charge is 0.272 e. The van der Waals surface area contributed by atoms with Crippen LogP contribution in [0.5, 0.6) is 0 Å². The van der Waals surface area contributed by atoms with Crippen molar-refractivity contribution >= 4 is 5.52 Å². The van der Waals surface area contributed by atoms with Gasteiger partial charge in [0.1, 0.15) is 0 Å². The Hall–Kier alpha value is -2.10. The van der Waals surface area contributed by atoms with Crippen molar-refractivity contribution in [2.24, 2.45) is 7.05 Å². The van der Waals surface area contributed by atoms with E-state index in [9.17, 15) is 0 Å². The number of rotatable bonds is 1. The van der Waals surface area contributed by atoms with Gasteiger partial charge in [-0.15, -0.1) is 0 Å². The first-order chi connectivity index (χ1) is 7.75. The van der Waals surface area contributed by atoms with Crippen molar-refractivity contribution in [2.45, 2.75) is 6.92 Å². The first-order valence-electron chi connectivity index (χ1n) is 5.18. The maximum Gasteiger partial charge on any atom is 0.0661 e. The summed E-state index contributed by atoms with van der Waals surface area (Å²) in [6.07, 6.45) is 5.72. The third kappa shape index (κ3) is 1.23. The van der Waals surface area contributed by atoms with Gasteiger partial charge in [0.2, 0.25) is 0 Å². The third-order valence-electron chi connectivity index (χ3n) is 2.94. The van der Waals surface area contributed by atoms with Crippen LogP contribution in [0.3, 0.4) is 0 Å². The van der Waals surface area contributed by atoms with Crippen LogP contribution in [0.2, 0.25) is 0 Å². The predicted molar refractivity (Wildman–Crippen MR) is 62.1 cm³/mol. The first kappa shape index (κ1) is 9.15. The van der Waals surface area contributed by atoms with Gasteiger partial charge in [-0.3, -0.25) is 4.68 Å². The van der Waals surface area contributed by atoms with Crippen LogP contribution in [-0.4, -0.2) is 19.4 Å². The van der Waals surface area contributed by atoms with E-state index in [4.69, 9.17) is 0 Å². The van der Waals surface area contributed by atoms with Crippen molar-refractivity contribution in [2.75, 3.05) is 0 Å². The molecule has 0 aromatic carbocycles. The van der Waals surface area contributed by atoms with Crippen LogP contribution in [0.4, 0.5) is 0 Å². The summed E-state index contributed by atoms with van der Waals surface area (Å²) >= 11 is 0. The van der Waals surface area contributed by atoms with E-state index in [0.29, 0.717) is 0 Å². The monoisotopic (exact) mass is 212 g/mol. The van der Waals surface area contributed by atoms with Crippen LogP contribution in [0, 0.1) is 6.92 Å². The molecule has 0 unspecified atom stereocenters. The molecule has 0 bridgehead atoms. The normalized spacial score (nSPS) is 11.1. The van der Waals surface area contributed by atoms with Gasteiger partial charge in [0.05, 0.1) is 11.7 Å². The topological polar surface area (TPSA) is 35.1 Å². The molecule has 0 amide bonds. The number of hydrogen-bond donors (Lipinski definition) is 0. The van der Waals surface area contributed by atoms with Crippen molar-refractivity contribution < 1.29 is 0 Å². The van der Waals surface area contributed by atoms with E-state index in [1.54, 1.807) is 6.20 Å². The number of fused-ring (bicyclic) bond motifs is 1. The summed E-state index contributed by atoms with van der Waals surface area (Å²) in [7, 11) is 1.95. The van der Waals surface area contributed by atoms with Gasteiger partial charge in [0, 0.05) is 36.3 Å². The van der Waals surface area contributed by atoms with Gasteiger partial charge in [-0.2, -0.15) is 10.2 Å². The molecule has 16 heavy (non-hydrogen) atoms. The maximum absolute atomic E-state index is 4.25. The van der Waals surface area contributed by atoms with Crippen LogP contribution in [0.15, 0.2) is 36.8 Å². The van der Waals surface area contributed by atoms with Gasteiger partial charge in [0.25, 0.3) is 0 Å². The molecule has 3 aromatic heterocycles. The molecule has 0 N–H and O–H groups in total. The van der Waals surface area contributed by atoms with Crippen molar-refractivity contribution in [3.8, 4) is 11.1 Å². The molecule has 4 heteroatoms. The summed E-state index contributed by atoms with van der Waals surface area (Å²) in [6.45, 7) is 2.07. The first-order valence-corrected chi connectivity index (χ1v) is 5.18. The van der Waals surface area contributed by atoms with Gasteiger partial charge >= 0.3 is 0 Å². The van der Waals surface area contributed by atoms with E-state index in [-0.39, 0.29) is 0 Å². The summed E-state index contributed by atoms with van der Waals surface area (Å²) in [5.74, 6) is 0. The number of aryl methyl sites for hydroxylation is 1. The van der Waals surface area contributed by atoms with E-state index in [1.807, 2.05) is 34.7 Å². The quantitative estimate of drug-likeness (QED) is 0.618. The molecule has 0 atom stereocenters. The Balaban J connectivity index is 2.21. The second kappa shape index (κ2) is 3.20. The molecule has 4 nitrogen and oxygen atoms in total. The Morgan fingerprint density at radius 1 is 1.12 bits per heavy atom. The maximum atomic E-state index is 4.25. The fourth-order valence-corrected chi connectivity index (χ4v) is 1.86. The Bertz CT molecular complexity index is 648. The summed E-state index contributed by atoms with van der Waals surface area (Å²) in [5.41, 5.74) is 4.55. The minimum absolute atomic E-state index is 1.10. The van der Waals surface area contributed by atoms with Crippen molar-refractivity contribution in [1.29, 1.82) is 0 Å². The number of hydrogen-bond acceptors (Lipinski definition) is 2. The average Bonchev–Trinajstić information content (AvgIpc) is 2.86. The molecule has 0 spiro atoms. The second-order valence-electron chi connectivity index (χ2n) is 3.89. The lowest BCUT2D eigenvalue weighted by atomic mass is 10.1. The SMILES string of the molecule is Cc1c(-c2ccc3ccnn3c2)cnn1C. The molecule has 0 saturated heterocycles. The van der Waals surface area contributed by atoms with Crippen LogP contribution in [0.1, 0.15) is 5.69 Å². The summed E-state index contributed by atoms with van der Waals surface area (Å²) in [6, 6.07) is 6.15. The average molecular weight is 212 g/mol. The number of pyridine rings is 1. The standard InChI is InChI=1S/C12H12N4/c1-9-12(7-14-15(9)2)10-3-4-11-5-6-13-16(11)8-10/h3-8H,1-2H3. The third-order valence-corrected chi connectivity index (χ3v) is 2.94. The zero-order chi connectivity index (χ0) is 11.1. The van der Waals surface area contributed by atoms with Crippen LogP contribution >= 0.6 is 0 Å².